The summed E-state index contributed by atoms with van der Waals surface area (Å²) in [7, 11) is 0. The molecule has 2 aromatic rings. The maximum absolute atomic E-state index is 12.4. The van der Waals surface area contributed by atoms with E-state index in [-0.39, 0.29) is 18.0 Å². The van der Waals surface area contributed by atoms with Crippen LogP contribution < -0.4 is 21.4 Å². The van der Waals surface area contributed by atoms with Crippen molar-refractivity contribution in [2.45, 2.75) is 52.2 Å². The number of aliphatic hydroxyl groups is 1. The van der Waals surface area contributed by atoms with E-state index in [0.29, 0.717) is 22.6 Å². The molecule has 3 aliphatic rings. The Labute approximate surface area is 235 Å². The van der Waals surface area contributed by atoms with Gasteiger partial charge in [0.25, 0.3) is 11.8 Å². The summed E-state index contributed by atoms with van der Waals surface area (Å²) in [5.41, 5.74) is 4.30. The van der Waals surface area contributed by atoms with Crippen LogP contribution in [0.15, 0.2) is 48.5 Å². The Bertz CT molecular complexity index is 1280. The van der Waals surface area contributed by atoms with Crippen LogP contribution in [-0.2, 0) is 9.59 Å². The highest BCUT2D eigenvalue weighted by Crippen LogP contribution is 2.61. The smallest absolute Gasteiger partial charge is 0.268 e. The van der Waals surface area contributed by atoms with Crippen LogP contribution >= 0.6 is 0 Å². The average molecular weight is 547 g/mol. The summed E-state index contributed by atoms with van der Waals surface area (Å²) in [6, 6.07) is 12.5. The van der Waals surface area contributed by atoms with Crippen LogP contribution in [-0.4, -0.2) is 53.3 Å². The first-order chi connectivity index (χ1) is 19.1. The lowest BCUT2D eigenvalue weighted by Crippen LogP contribution is -2.54. The zero-order valence-electron chi connectivity index (χ0n) is 23.2. The topological polar surface area (TPSA) is 140 Å². The average Bonchev–Trinajstić information content (AvgIpc) is 2.95. The summed E-state index contributed by atoms with van der Waals surface area (Å²) < 4.78 is 0. The Morgan fingerprint density at radius 2 is 1.62 bits per heavy atom. The van der Waals surface area contributed by atoms with Gasteiger partial charge in [-0.05, 0) is 104 Å². The van der Waals surface area contributed by atoms with E-state index in [1.54, 1.807) is 24.3 Å². The van der Waals surface area contributed by atoms with Gasteiger partial charge >= 0.3 is 0 Å². The number of hydrogen-bond donors (Lipinski definition) is 6. The van der Waals surface area contributed by atoms with E-state index in [2.05, 4.69) is 41.6 Å². The zero-order chi connectivity index (χ0) is 28.9. The fraction of sp³-hybridized carbons (Fsp3) is 0.452. The van der Waals surface area contributed by atoms with Crippen molar-refractivity contribution in [2.24, 2.45) is 23.2 Å². The Balaban J connectivity index is 1.23. The minimum absolute atomic E-state index is 0.0683. The quantitative estimate of drug-likeness (QED) is 0.162. The van der Waals surface area contributed by atoms with Crippen molar-refractivity contribution in [2.75, 3.05) is 18.4 Å². The predicted molar refractivity (Wildman–Crippen MR) is 151 cm³/mol. The lowest BCUT2D eigenvalue weighted by Gasteiger charge is -2.60. The number of hydroxylamine groups is 1. The molecule has 0 radical (unpaired) electrons. The molecule has 40 heavy (non-hydrogen) atoms. The van der Waals surface area contributed by atoms with Crippen LogP contribution in [0.1, 0.15) is 61.5 Å². The van der Waals surface area contributed by atoms with Crippen LogP contribution in [0.4, 0.5) is 5.69 Å². The SMILES string of the molecule is C[C@@H](O)[C@H](NC(=O)c1ccc(C#Cc2ccc(NC(=O)CNC[C@@H]3CC[C@H]4C[C@@H]3C4(C)C)cc2)cc1)C(=O)NO. The first-order valence-electron chi connectivity index (χ1n) is 13.7. The lowest BCUT2D eigenvalue weighted by atomic mass is 9.45. The number of anilines is 1. The first kappa shape index (κ1) is 29.3. The largest absolute Gasteiger partial charge is 0.391 e. The molecule has 2 aromatic carbocycles. The Hall–Kier alpha value is -3.71. The molecule has 9 heteroatoms. The predicted octanol–water partition coefficient (Wildman–Crippen LogP) is 2.67. The second-order valence-electron chi connectivity index (χ2n) is 11.4. The van der Waals surface area contributed by atoms with Gasteiger partial charge in [-0.15, -0.1) is 0 Å². The molecule has 0 saturated heterocycles. The Kier molecular flexibility index (Phi) is 9.25. The Morgan fingerprint density at radius 3 is 2.17 bits per heavy atom. The van der Waals surface area contributed by atoms with Crippen molar-refractivity contribution in [1.29, 1.82) is 0 Å². The molecule has 6 N–H and O–H groups in total. The zero-order valence-corrected chi connectivity index (χ0v) is 23.2. The van der Waals surface area contributed by atoms with Crippen molar-refractivity contribution < 1.29 is 24.7 Å². The monoisotopic (exact) mass is 546 g/mol. The van der Waals surface area contributed by atoms with Gasteiger partial charge in [-0.3, -0.25) is 19.6 Å². The molecule has 0 aliphatic heterocycles. The molecule has 0 unspecified atom stereocenters. The standard InChI is InChI=1S/C31H38N4O5/c1-19(36)28(30(39)35-40)34-29(38)22-10-6-20(7-11-22)4-5-21-8-14-25(15-9-21)33-27(37)18-32-17-23-12-13-24-16-26(23)31(24,2)3/h6-11,14-15,19,23-24,26,28,32,36,40H,12-13,16-18H2,1-3H3,(H,33,37)(H,34,38)(H,35,39)/t19-,23+,24+,26+,28+/m1/s1. The molecule has 3 fully saturated rings. The molecule has 0 aromatic heterocycles. The van der Waals surface area contributed by atoms with Gasteiger partial charge in [0.2, 0.25) is 5.91 Å². The van der Waals surface area contributed by atoms with Crippen molar-refractivity contribution in [3.8, 4) is 11.8 Å². The van der Waals surface area contributed by atoms with Crippen LogP contribution in [0, 0.1) is 35.0 Å². The second kappa shape index (κ2) is 12.6. The third-order valence-electron chi connectivity index (χ3n) is 8.52. The van der Waals surface area contributed by atoms with Crippen LogP contribution in [0.2, 0.25) is 0 Å². The Morgan fingerprint density at radius 1 is 1.00 bits per heavy atom. The van der Waals surface area contributed by atoms with Crippen molar-refractivity contribution >= 4 is 23.4 Å². The maximum atomic E-state index is 12.4. The summed E-state index contributed by atoms with van der Waals surface area (Å²) in [6.45, 7) is 7.28. The minimum atomic E-state index is -1.29. The fourth-order valence-corrected chi connectivity index (χ4v) is 5.97. The third-order valence-corrected chi connectivity index (χ3v) is 8.52. The van der Waals surface area contributed by atoms with Crippen molar-refractivity contribution in [1.82, 2.24) is 16.1 Å². The normalized spacial score (nSPS) is 22.0. The molecule has 0 heterocycles. The molecule has 3 saturated carbocycles. The third kappa shape index (κ3) is 6.89. The molecule has 9 nitrogen and oxygen atoms in total. The summed E-state index contributed by atoms with van der Waals surface area (Å²) in [5, 5.41) is 27.1. The summed E-state index contributed by atoms with van der Waals surface area (Å²) in [4.78, 5) is 36.4. The molecule has 212 valence electrons. The van der Waals surface area contributed by atoms with E-state index in [1.165, 1.54) is 31.7 Å². The number of carbonyl (C=O) groups is 3. The molecule has 3 aliphatic carbocycles. The summed E-state index contributed by atoms with van der Waals surface area (Å²) in [5.74, 6) is 6.83. The molecular formula is C31H38N4O5. The van der Waals surface area contributed by atoms with Gasteiger partial charge in [-0.2, -0.15) is 0 Å². The highest BCUT2D eigenvalue weighted by atomic mass is 16.5. The van der Waals surface area contributed by atoms with E-state index in [1.807, 2.05) is 24.3 Å². The van der Waals surface area contributed by atoms with E-state index < -0.39 is 24.0 Å². The summed E-state index contributed by atoms with van der Waals surface area (Å²) in [6.07, 6.45) is 2.70. The van der Waals surface area contributed by atoms with Gasteiger partial charge in [-0.1, -0.05) is 25.7 Å². The molecular weight excluding hydrogens is 508 g/mol. The highest BCUT2D eigenvalue weighted by Gasteiger charge is 2.53. The molecule has 2 bridgehead atoms. The van der Waals surface area contributed by atoms with E-state index in [9.17, 15) is 19.5 Å². The van der Waals surface area contributed by atoms with Gasteiger partial charge < -0.3 is 21.1 Å². The molecule has 5 atom stereocenters. The van der Waals surface area contributed by atoms with Gasteiger partial charge in [0.15, 0.2) is 0 Å². The van der Waals surface area contributed by atoms with E-state index in [4.69, 9.17) is 5.21 Å². The van der Waals surface area contributed by atoms with Crippen LogP contribution in [0.25, 0.3) is 0 Å². The van der Waals surface area contributed by atoms with E-state index >= 15 is 0 Å². The number of nitrogens with one attached hydrogen (secondary N) is 4. The number of amides is 3. The molecule has 3 amide bonds. The van der Waals surface area contributed by atoms with Crippen LogP contribution in [0.5, 0.6) is 0 Å². The maximum Gasteiger partial charge on any atom is 0.268 e. The fourth-order valence-electron chi connectivity index (χ4n) is 5.97. The van der Waals surface area contributed by atoms with Gasteiger partial charge in [0, 0.05) is 22.4 Å². The van der Waals surface area contributed by atoms with Gasteiger partial charge in [0.05, 0.1) is 12.6 Å². The lowest BCUT2D eigenvalue weighted by molar-refractivity contribution is -0.133. The molecule has 5 rings (SSSR count). The number of fused-ring (bicyclic) bond motifs is 2. The number of aliphatic hydroxyl groups excluding tert-OH is 1. The number of carbonyl (C=O) groups excluding carboxylic acids is 3. The second-order valence-corrected chi connectivity index (χ2v) is 11.4. The number of rotatable bonds is 9. The van der Waals surface area contributed by atoms with Gasteiger partial charge in [0.1, 0.15) is 6.04 Å². The van der Waals surface area contributed by atoms with Gasteiger partial charge in [-0.25, -0.2) is 5.48 Å². The molecule has 0 spiro atoms. The highest BCUT2D eigenvalue weighted by molar-refractivity contribution is 5.97. The van der Waals surface area contributed by atoms with Crippen molar-refractivity contribution in [3.05, 3.63) is 65.2 Å². The van der Waals surface area contributed by atoms with Crippen LogP contribution in [0.3, 0.4) is 0 Å². The number of hydrogen-bond acceptors (Lipinski definition) is 6. The van der Waals surface area contributed by atoms with Crippen molar-refractivity contribution in [3.63, 3.8) is 0 Å². The summed E-state index contributed by atoms with van der Waals surface area (Å²) >= 11 is 0. The van der Waals surface area contributed by atoms with E-state index in [0.717, 1.165) is 23.9 Å². The number of benzene rings is 2. The minimum Gasteiger partial charge on any atom is -0.391 e. The first-order valence-corrected chi connectivity index (χ1v) is 13.7.